The zero-order valence-corrected chi connectivity index (χ0v) is 15.4. The Bertz CT molecular complexity index is 714. The number of hydrogen-bond acceptors (Lipinski definition) is 6. The van der Waals surface area contributed by atoms with Crippen molar-refractivity contribution in [3.05, 3.63) is 28.1 Å². The number of nitro groups is 1. The maximum Gasteiger partial charge on any atom is 0.410 e. The Kier molecular flexibility index (Phi) is 5.79. The first kappa shape index (κ1) is 19.6. The lowest BCUT2D eigenvalue weighted by atomic mass is 10.1. The third-order valence-corrected chi connectivity index (χ3v) is 3.97. The second-order valence-electron chi connectivity index (χ2n) is 7.31. The molecule has 1 atom stereocenters. The lowest BCUT2D eigenvalue weighted by Gasteiger charge is -2.28. The van der Waals surface area contributed by atoms with E-state index in [0.717, 1.165) is 6.42 Å². The van der Waals surface area contributed by atoms with Crippen LogP contribution in [0.25, 0.3) is 0 Å². The number of rotatable bonds is 4. The molecule has 0 radical (unpaired) electrons. The number of pyridine rings is 1. The van der Waals surface area contributed by atoms with Crippen LogP contribution >= 0.6 is 0 Å². The molecule has 1 N–H and O–H groups in total. The van der Waals surface area contributed by atoms with Crippen LogP contribution in [0.3, 0.4) is 0 Å². The van der Waals surface area contributed by atoms with Gasteiger partial charge < -0.3 is 15.0 Å². The molecule has 9 heteroatoms. The van der Waals surface area contributed by atoms with E-state index in [1.165, 1.54) is 19.2 Å². The molecule has 1 aliphatic heterocycles. The van der Waals surface area contributed by atoms with Crippen LogP contribution < -0.4 is 5.32 Å². The van der Waals surface area contributed by atoms with Crippen molar-refractivity contribution >= 4 is 23.4 Å². The number of amides is 2. The summed E-state index contributed by atoms with van der Waals surface area (Å²) in [6.07, 6.45) is 2.55. The topological polar surface area (TPSA) is 115 Å². The van der Waals surface area contributed by atoms with Crippen molar-refractivity contribution in [2.24, 2.45) is 0 Å². The molecule has 0 spiro atoms. The minimum absolute atomic E-state index is 0.0981. The molecule has 2 rings (SSSR count). The zero-order chi connectivity index (χ0) is 19.5. The third-order valence-electron chi connectivity index (χ3n) is 3.97. The Morgan fingerprint density at radius 2 is 2.15 bits per heavy atom. The van der Waals surface area contributed by atoms with Crippen LogP contribution in [0.15, 0.2) is 12.3 Å². The molecule has 26 heavy (non-hydrogen) atoms. The minimum atomic E-state index is -0.598. The average Bonchev–Trinajstić information content (AvgIpc) is 2.95. The van der Waals surface area contributed by atoms with Gasteiger partial charge in [-0.25, -0.2) is 4.79 Å². The molecule has 0 aliphatic carbocycles. The molecule has 1 aromatic heterocycles. The van der Waals surface area contributed by atoms with Gasteiger partial charge in [-0.3, -0.25) is 19.9 Å². The van der Waals surface area contributed by atoms with Gasteiger partial charge in [0.25, 0.3) is 5.69 Å². The standard InChI is InChI=1S/C17H24N4O5/c1-11-14(21(24)25)8-12(10-18-11)19-15(22)9-13-6-5-7-20(13)16(23)26-17(2,3)4/h8,10,13H,5-7,9H2,1-4H3,(H,19,22). The van der Waals surface area contributed by atoms with Gasteiger partial charge in [0.2, 0.25) is 5.91 Å². The van der Waals surface area contributed by atoms with E-state index in [9.17, 15) is 19.7 Å². The summed E-state index contributed by atoms with van der Waals surface area (Å²) in [6, 6.07) is 1.03. The lowest BCUT2D eigenvalue weighted by molar-refractivity contribution is -0.385. The SMILES string of the molecule is Cc1ncc(NC(=O)CC2CCCN2C(=O)OC(C)(C)C)cc1[N+](=O)[O-]. The number of carbonyl (C=O) groups excluding carboxylic acids is 2. The Hall–Kier alpha value is -2.71. The van der Waals surface area contributed by atoms with Gasteiger partial charge in [0.1, 0.15) is 11.3 Å². The first-order valence-electron chi connectivity index (χ1n) is 8.47. The van der Waals surface area contributed by atoms with Crippen LogP contribution in [0.1, 0.15) is 45.7 Å². The smallest absolute Gasteiger partial charge is 0.410 e. The summed E-state index contributed by atoms with van der Waals surface area (Å²) in [5, 5.41) is 13.6. The van der Waals surface area contributed by atoms with E-state index in [2.05, 4.69) is 10.3 Å². The maximum atomic E-state index is 12.3. The monoisotopic (exact) mass is 364 g/mol. The van der Waals surface area contributed by atoms with Gasteiger partial charge in [-0.15, -0.1) is 0 Å². The summed E-state index contributed by atoms with van der Waals surface area (Å²) < 4.78 is 5.38. The summed E-state index contributed by atoms with van der Waals surface area (Å²) >= 11 is 0. The highest BCUT2D eigenvalue weighted by Crippen LogP contribution is 2.24. The van der Waals surface area contributed by atoms with E-state index in [1.54, 1.807) is 25.7 Å². The van der Waals surface area contributed by atoms with E-state index < -0.39 is 16.6 Å². The van der Waals surface area contributed by atoms with Crippen molar-refractivity contribution < 1.29 is 19.2 Å². The Labute approximate surface area is 151 Å². The molecule has 0 aromatic carbocycles. The van der Waals surface area contributed by atoms with Gasteiger partial charge in [0.05, 0.1) is 16.8 Å². The molecule has 142 valence electrons. The van der Waals surface area contributed by atoms with Gasteiger partial charge in [0, 0.05) is 25.1 Å². The van der Waals surface area contributed by atoms with Crippen molar-refractivity contribution in [3.63, 3.8) is 0 Å². The number of aryl methyl sites for hydroxylation is 1. The van der Waals surface area contributed by atoms with E-state index in [-0.39, 0.29) is 35.4 Å². The molecule has 0 bridgehead atoms. The predicted molar refractivity (Wildman–Crippen MR) is 94.8 cm³/mol. The molecule has 2 heterocycles. The molecule has 9 nitrogen and oxygen atoms in total. The third kappa shape index (κ3) is 5.14. The fourth-order valence-corrected chi connectivity index (χ4v) is 2.81. The summed E-state index contributed by atoms with van der Waals surface area (Å²) in [5.41, 5.74) is -0.216. The van der Waals surface area contributed by atoms with Crippen molar-refractivity contribution in [1.29, 1.82) is 0 Å². The van der Waals surface area contributed by atoms with Crippen LogP contribution in [-0.2, 0) is 9.53 Å². The number of hydrogen-bond donors (Lipinski definition) is 1. The summed E-state index contributed by atoms with van der Waals surface area (Å²) in [6.45, 7) is 7.45. The summed E-state index contributed by atoms with van der Waals surface area (Å²) in [4.78, 5) is 40.5. The number of nitrogens with one attached hydrogen (secondary N) is 1. The lowest BCUT2D eigenvalue weighted by Crippen LogP contribution is -2.41. The van der Waals surface area contributed by atoms with Crippen LogP contribution in [0.2, 0.25) is 0 Å². The van der Waals surface area contributed by atoms with Crippen molar-refractivity contribution in [3.8, 4) is 0 Å². The number of nitrogens with zero attached hydrogens (tertiary/aromatic N) is 3. The van der Waals surface area contributed by atoms with Gasteiger partial charge in [0.15, 0.2) is 0 Å². The van der Waals surface area contributed by atoms with Crippen LogP contribution in [0.5, 0.6) is 0 Å². The van der Waals surface area contributed by atoms with E-state index in [0.29, 0.717) is 13.0 Å². The number of carbonyl (C=O) groups is 2. The second kappa shape index (κ2) is 7.67. The van der Waals surface area contributed by atoms with Crippen molar-refractivity contribution in [2.75, 3.05) is 11.9 Å². The van der Waals surface area contributed by atoms with Crippen molar-refractivity contribution in [2.45, 2.75) is 58.6 Å². The molecule has 1 unspecified atom stereocenters. The number of aromatic nitrogens is 1. The number of likely N-dealkylation sites (tertiary alicyclic amines) is 1. The van der Waals surface area contributed by atoms with Crippen LogP contribution in [-0.4, -0.2) is 45.0 Å². The first-order valence-corrected chi connectivity index (χ1v) is 8.47. The summed E-state index contributed by atoms with van der Waals surface area (Å²) in [5.74, 6) is -0.328. The second-order valence-corrected chi connectivity index (χ2v) is 7.31. The largest absolute Gasteiger partial charge is 0.444 e. The predicted octanol–water partition coefficient (Wildman–Crippen LogP) is 3.03. The highest BCUT2D eigenvalue weighted by atomic mass is 16.6. The summed E-state index contributed by atoms with van der Waals surface area (Å²) in [7, 11) is 0. The quantitative estimate of drug-likeness (QED) is 0.649. The van der Waals surface area contributed by atoms with Gasteiger partial charge in [-0.05, 0) is 40.5 Å². The maximum absolute atomic E-state index is 12.3. The minimum Gasteiger partial charge on any atom is -0.444 e. The van der Waals surface area contributed by atoms with Gasteiger partial charge >= 0.3 is 6.09 Å². The van der Waals surface area contributed by atoms with Crippen LogP contribution in [0, 0.1) is 17.0 Å². The van der Waals surface area contributed by atoms with Crippen molar-refractivity contribution in [1.82, 2.24) is 9.88 Å². The number of anilines is 1. The van der Waals surface area contributed by atoms with Gasteiger partial charge in [-0.1, -0.05) is 0 Å². The van der Waals surface area contributed by atoms with Gasteiger partial charge in [-0.2, -0.15) is 0 Å². The highest BCUT2D eigenvalue weighted by Gasteiger charge is 2.33. The van der Waals surface area contributed by atoms with E-state index >= 15 is 0 Å². The Balaban J connectivity index is 2.00. The molecule has 2 amide bonds. The normalized spacial score (nSPS) is 17.1. The van der Waals surface area contributed by atoms with E-state index in [4.69, 9.17) is 4.74 Å². The fraction of sp³-hybridized carbons (Fsp3) is 0.588. The average molecular weight is 364 g/mol. The number of ether oxygens (including phenoxy) is 1. The molecule has 1 fully saturated rings. The molecule has 0 saturated carbocycles. The fourth-order valence-electron chi connectivity index (χ4n) is 2.81. The molecule has 1 aromatic rings. The molecular weight excluding hydrogens is 340 g/mol. The zero-order valence-electron chi connectivity index (χ0n) is 15.4. The Morgan fingerprint density at radius 1 is 1.46 bits per heavy atom. The first-order chi connectivity index (χ1) is 12.1. The highest BCUT2D eigenvalue weighted by molar-refractivity contribution is 5.91. The molecule has 1 aliphatic rings. The Morgan fingerprint density at radius 3 is 2.77 bits per heavy atom. The van der Waals surface area contributed by atoms with E-state index in [1.807, 2.05) is 0 Å². The van der Waals surface area contributed by atoms with Crippen LogP contribution in [0.4, 0.5) is 16.2 Å². The molecule has 1 saturated heterocycles. The molecular formula is C17H24N4O5.